The molecule has 2 N–H and O–H groups in total. The van der Waals surface area contributed by atoms with Crippen molar-refractivity contribution < 1.29 is 19.4 Å². The second-order valence-electron chi connectivity index (χ2n) is 7.19. The van der Waals surface area contributed by atoms with Gasteiger partial charge in [0.1, 0.15) is 11.6 Å². The number of ether oxygens (including phenoxy) is 2. The maximum Gasteiger partial charge on any atom is 0.241 e. The summed E-state index contributed by atoms with van der Waals surface area (Å²) in [6.07, 6.45) is 2.02. The van der Waals surface area contributed by atoms with E-state index in [4.69, 9.17) is 14.5 Å². The number of aromatic nitrogens is 3. The molecule has 1 amide bonds. The fraction of sp³-hybridized carbons (Fsp3) is 0.381. The number of methoxy groups -OCH3 is 1. The van der Waals surface area contributed by atoms with Crippen molar-refractivity contribution in [2.24, 2.45) is 5.92 Å². The van der Waals surface area contributed by atoms with Crippen molar-refractivity contribution in [2.45, 2.75) is 32.9 Å². The smallest absolute Gasteiger partial charge is 0.241 e. The normalized spacial score (nSPS) is 17.3. The molecule has 1 aliphatic heterocycles. The number of carbonyl (C=O) groups is 1. The molecule has 2 atom stereocenters. The third-order valence-electron chi connectivity index (χ3n) is 5.35. The fourth-order valence-electron chi connectivity index (χ4n) is 3.61. The molecule has 8 nitrogen and oxygen atoms in total. The quantitative estimate of drug-likeness (QED) is 0.665. The summed E-state index contributed by atoms with van der Waals surface area (Å²) in [7, 11) is 1.51. The van der Waals surface area contributed by atoms with Gasteiger partial charge in [-0.15, -0.1) is 0 Å². The topological polar surface area (TPSA) is 98.5 Å². The number of amides is 1. The van der Waals surface area contributed by atoms with Crippen LogP contribution in [0.2, 0.25) is 0 Å². The van der Waals surface area contributed by atoms with Crippen molar-refractivity contribution in [3.05, 3.63) is 30.6 Å². The van der Waals surface area contributed by atoms with Gasteiger partial charge < -0.3 is 24.5 Å². The summed E-state index contributed by atoms with van der Waals surface area (Å²) in [5.74, 6) is 1.04. The number of phenols is 1. The fourth-order valence-corrected chi connectivity index (χ4v) is 3.61. The van der Waals surface area contributed by atoms with Crippen molar-refractivity contribution >= 4 is 16.9 Å². The molecule has 1 saturated heterocycles. The average Bonchev–Trinajstić information content (AvgIpc) is 3.34. The van der Waals surface area contributed by atoms with E-state index < -0.39 is 0 Å². The molecular formula is C21H24N4O4. The van der Waals surface area contributed by atoms with Crippen LogP contribution in [0.15, 0.2) is 30.6 Å². The minimum atomic E-state index is -0.190. The number of benzene rings is 1. The highest BCUT2D eigenvalue weighted by molar-refractivity contribution is 5.85. The number of phenolic OH excluding ortho intramolecular Hbond substituents is 1. The number of nitrogens with zero attached hydrogens (tertiary/aromatic N) is 3. The highest BCUT2D eigenvalue weighted by atomic mass is 16.5. The largest absolute Gasteiger partial charge is 0.504 e. The van der Waals surface area contributed by atoms with Crippen LogP contribution in [-0.2, 0) is 11.3 Å². The predicted molar refractivity (Wildman–Crippen MR) is 108 cm³/mol. The molecule has 0 spiro atoms. The van der Waals surface area contributed by atoms with Gasteiger partial charge >= 0.3 is 0 Å². The Morgan fingerprint density at radius 2 is 2.21 bits per heavy atom. The van der Waals surface area contributed by atoms with Crippen LogP contribution in [0, 0.1) is 5.92 Å². The highest BCUT2D eigenvalue weighted by Gasteiger charge is 2.29. The summed E-state index contributed by atoms with van der Waals surface area (Å²) in [5.41, 5.74) is 2.94. The van der Waals surface area contributed by atoms with E-state index in [9.17, 15) is 9.90 Å². The Morgan fingerprint density at radius 3 is 2.86 bits per heavy atom. The molecule has 2 aromatic heterocycles. The summed E-state index contributed by atoms with van der Waals surface area (Å²) in [5, 5.41) is 13.0. The van der Waals surface area contributed by atoms with E-state index in [-0.39, 0.29) is 23.7 Å². The molecule has 3 heterocycles. The first-order valence-corrected chi connectivity index (χ1v) is 9.66. The summed E-state index contributed by atoms with van der Waals surface area (Å²) in [6, 6.07) is 7.01. The van der Waals surface area contributed by atoms with Crippen LogP contribution in [-0.4, -0.2) is 45.3 Å². The zero-order valence-corrected chi connectivity index (χ0v) is 16.7. The number of hydrogen-bond acceptors (Lipinski definition) is 6. The first kappa shape index (κ1) is 19.0. The van der Waals surface area contributed by atoms with E-state index in [0.717, 1.165) is 23.1 Å². The number of fused-ring (bicyclic) bond motifs is 1. The van der Waals surface area contributed by atoms with Gasteiger partial charge in [-0.3, -0.25) is 4.79 Å². The predicted octanol–water partition coefficient (Wildman–Crippen LogP) is 2.74. The third kappa shape index (κ3) is 3.57. The lowest BCUT2D eigenvalue weighted by molar-refractivity contribution is -0.119. The van der Waals surface area contributed by atoms with E-state index >= 15 is 0 Å². The molecular weight excluding hydrogens is 372 g/mol. The Hall–Kier alpha value is -3.29. The standard InChI is InChI=1S/C21H24N4O4/c1-4-25-11-23-16-9-15(13-5-6-18(28-3)17(26)7-13)24-21(20(16)25)29-12(2)14-8-19(27)22-10-14/h5-7,9,11-12,14,26H,4,8,10H2,1-3H3,(H,22,27)/t12-,14-/m1/s1. The van der Waals surface area contributed by atoms with Gasteiger partial charge in [0.25, 0.3) is 0 Å². The maximum absolute atomic E-state index is 11.6. The number of imidazole rings is 1. The molecule has 8 heteroatoms. The van der Waals surface area contributed by atoms with Crippen molar-refractivity contribution in [1.29, 1.82) is 0 Å². The maximum atomic E-state index is 11.6. The van der Waals surface area contributed by atoms with Gasteiger partial charge in [-0.1, -0.05) is 0 Å². The van der Waals surface area contributed by atoms with E-state index in [2.05, 4.69) is 10.3 Å². The van der Waals surface area contributed by atoms with Gasteiger partial charge in [0, 0.05) is 31.0 Å². The molecule has 0 radical (unpaired) electrons. The van der Waals surface area contributed by atoms with Crippen LogP contribution in [0.3, 0.4) is 0 Å². The van der Waals surface area contributed by atoms with Gasteiger partial charge in [0.15, 0.2) is 11.5 Å². The van der Waals surface area contributed by atoms with Crippen LogP contribution < -0.4 is 14.8 Å². The molecule has 3 aromatic rings. The van der Waals surface area contributed by atoms with Gasteiger partial charge in [0.2, 0.25) is 11.8 Å². The molecule has 1 fully saturated rings. The van der Waals surface area contributed by atoms with Crippen LogP contribution in [0.25, 0.3) is 22.3 Å². The van der Waals surface area contributed by atoms with Crippen LogP contribution in [0.4, 0.5) is 0 Å². The second-order valence-corrected chi connectivity index (χ2v) is 7.19. The number of pyridine rings is 1. The summed E-state index contributed by atoms with van der Waals surface area (Å²) in [4.78, 5) is 20.8. The van der Waals surface area contributed by atoms with Crippen molar-refractivity contribution in [3.8, 4) is 28.6 Å². The molecule has 1 aliphatic rings. The first-order valence-electron chi connectivity index (χ1n) is 9.66. The molecule has 0 unspecified atom stereocenters. The van der Waals surface area contributed by atoms with Gasteiger partial charge in [0.05, 0.1) is 24.6 Å². The molecule has 1 aromatic carbocycles. The van der Waals surface area contributed by atoms with Crippen molar-refractivity contribution in [1.82, 2.24) is 19.9 Å². The zero-order valence-electron chi connectivity index (χ0n) is 16.7. The lowest BCUT2D eigenvalue weighted by Crippen LogP contribution is -2.26. The Labute approximate surface area is 168 Å². The zero-order chi connectivity index (χ0) is 20.5. The first-order chi connectivity index (χ1) is 14.0. The van der Waals surface area contributed by atoms with Crippen molar-refractivity contribution in [3.63, 3.8) is 0 Å². The van der Waals surface area contributed by atoms with Gasteiger partial charge in [-0.2, -0.15) is 0 Å². The number of nitrogens with one attached hydrogen (secondary N) is 1. The lowest BCUT2D eigenvalue weighted by atomic mass is 10.0. The monoisotopic (exact) mass is 396 g/mol. The number of aryl methyl sites for hydroxylation is 1. The number of carbonyl (C=O) groups excluding carboxylic acids is 1. The molecule has 152 valence electrons. The number of hydrogen-bond donors (Lipinski definition) is 2. The summed E-state index contributed by atoms with van der Waals surface area (Å²) < 4.78 is 13.4. The molecule has 4 rings (SSSR count). The average molecular weight is 396 g/mol. The highest BCUT2D eigenvalue weighted by Crippen LogP contribution is 2.34. The van der Waals surface area contributed by atoms with Gasteiger partial charge in [-0.25, -0.2) is 9.97 Å². The van der Waals surface area contributed by atoms with Crippen LogP contribution >= 0.6 is 0 Å². The Morgan fingerprint density at radius 1 is 1.38 bits per heavy atom. The Balaban J connectivity index is 1.76. The molecule has 0 aliphatic carbocycles. The Kier molecular flexibility index (Phi) is 5.00. The van der Waals surface area contributed by atoms with E-state index in [1.807, 2.05) is 30.5 Å². The van der Waals surface area contributed by atoms with E-state index in [0.29, 0.717) is 30.3 Å². The van der Waals surface area contributed by atoms with Gasteiger partial charge in [-0.05, 0) is 38.1 Å². The Bertz CT molecular complexity index is 1060. The van der Waals surface area contributed by atoms with E-state index in [1.54, 1.807) is 18.5 Å². The number of rotatable bonds is 6. The summed E-state index contributed by atoms with van der Waals surface area (Å²) >= 11 is 0. The molecule has 0 saturated carbocycles. The molecule has 0 bridgehead atoms. The minimum Gasteiger partial charge on any atom is -0.504 e. The number of aromatic hydroxyl groups is 1. The third-order valence-corrected chi connectivity index (χ3v) is 5.35. The van der Waals surface area contributed by atoms with Crippen molar-refractivity contribution in [2.75, 3.05) is 13.7 Å². The molecule has 29 heavy (non-hydrogen) atoms. The van der Waals surface area contributed by atoms with Crippen LogP contribution in [0.5, 0.6) is 17.4 Å². The van der Waals surface area contributed by atoms with Crippen LogP contribution in [0.1, 0.15) is 20.3 Å². The summed E-state index contributed by atoms with van der Waals surface area (Å²) in [6.45, 7) is 5.32. The minimum absolute atomic E-state index is 0.0392. The van der Waals surface area contributed by atoms with E-state index in [1.165, 1.54) is 7.11 Å². The SMILES string of the molecule is CCn1cnc2cc(-c3ccc(OC)c(O)c3)nc(O[C@H](C)[C@H]3CNC(=O)C3)c21. The second kappa shape index (κ2) is 7.62. The lowest BCUT2D eigenvalue weighted by Gasteiger charge is -2.20.